The first-order chi connectivity index (χ1) is 10.7. The van der Waals surface area contributed by atoms with E-state index in [1.54, 1.807) is 0 Å². The van der Waals surface area contributed by atoms with Gasteiger partial charge in [-0.25, -0.2) is 4.79 Å². The van der Waals surface area contributed by atoms with E-state index in [9.17, 15) is 9.90 Å². The van der Waals surface area contributed by atoms with Gasteiger partial charge in [-0.3, -0.25) is 9.55 Å². The van der Waals surface area contributed by atoms with E-state index in [1.165, 1.54) is 10.8 Å². The first kappa shape index (κ1) is 19.9. The highest BCUT2D eigenvalue weighted by Gasteiger charge is 2.32. The van der Waals surface area contributed by atoms with Crippen LogP contribution < -0.4 is 5.69 Å². The first-order valence-corrected chi connectivity index (χ1v) is 8.13. The number of nitrogens with one attached hydrogen (secondary N) is 1. The van der Waals surface area contributed by atoms with Crippen LogP contribution in [-0.2, 0) is 9.26 Å². The molecule has 6 N–H and O–H groups in total. The molecule has 1 fully saturated rings. The van der Waals surface area contributed by atoms with E-state index in [1.807, 2.05) is 0 Å². The Hall–Kier alpha value is -1.19. The Bertz CT molecular complexity index is 676. The summed E-state index contributed by atoms with van der Waals surface area (Å²) >= 11 is 4.89. The molecule has 2 heterocycles. The largest absolute Gasteiger partial charge is 0.569 e. The Kier molecular flexibility index (Phi) is 7.43. The van der Waals surface area contributed by atoms with Gasteiger partial charge in [-0.2, -0.15) is 14.7 Å². The molecule has 1 saturated heterocycles. The molecule has 0 spiro atoms. The minimum Gasteiger partial charge on any atom is -0.368 e. The number of aliphatic hydroxyl groups is 2. The highest BCUT2D eigenvalue weighted by molar-refractivity contribution is 7.71. The number of aromatic nitrogens is 2. The van der Waals surface area contributed by atoms with Crippen LogP contribution in [0, 0.1) is 17.0 Å². The van der Waals surface area contributed by atoms with Crippen LogP contribution in [0.3, 0.4) is 0 Å². The van der Waals surface area contributed by atoms with E-state index < -0.39 is 27.5 Å². The van der Waals surface area contributed by atoms with Gasteiger partial charge in [0.05, 0.1) is 5.56 Å². The van der Waals surface area contributed by atoms with Crippen LogP contribution in [0.1, 0.15) is 24.6 Å². The molecular formula is C11H16N2O8PS+. The highest BCUT2D eigenvalue weighted by Crippen LogP contribution is 2.44. The van der Waals surface area contributed by atoms with E-state index in [0.717, 1.165) is 0 Å². The molecule has 0 amide bonds. The summed E-state index contributed by atoms with van der Waals surface area (Å²) in [4.78, 5) is 37.7. The molecule has 0 radical (unpaired) electrons. The molecule has 23 heavy (non-hydrogen) atoms. The van der Waals surface area contributed by atoms with Crippen molar-refractivity contribution in [2.45, 2.75) is 25.4 Å². The minimum absolute atomic E-state index is 0.238. The Morgan fingerprint density at radius 2 is 2.17 bits per heavy atom. The average molecular weight is 367 g/mol. The van der Waals surface area contributed by atoms with Crippen LogP contribution in [0.2, 0.25) is 0 Å². The van der Waals surface area contributed by atoms with Crippen molar-refractivity contribution in [3.63, 3.8) is 0 Å². The second-order valence-electron chi connectivity index (χ2n) is 4.25. The van der Waals surface area contributed by atoms with Gasteiger partial charge in [0, 0.05) is 12.6 Å². The lowest BCUT2D eigenvalue weighted by Gasteiger charge is -2.13. The summed E-state index contributed by atoms with van der Waals surface area (Å²) < 4.78 is 10.3. The number of ether oxygens (including phenoxy) is 1. The first-order valence-electron chi connectivity index (χ1n) is 6.16. The van der Waals surface area contributed by atoms with Crippen LogP contribution in [0.4, 0.5) is 0 Å². The number of nitrogens with zero attached hydrogens (tertiary/aromatic N) is 1. The highest BCUT2D eigenvalue weighted by atomic mass is 32.1. The van der Waals surface area contributed by atoms with Crippen LogP contribution in [0.15, 0.2) is 11.0 Å². The molecule has 2 rings (SSSR count). The fourth-order valence-electron chi connectivity index (χ4n) is 1.69. The molecule has 0 aromatic carbocycles. The summed E-state index contributed by atoms with van der Waals surface area (Å²) in [7, 11) is -4.17. The predicted octanol–water partition coefficient (Wildman–Crippen LogP) is -0.878. The molecule has 0 aliphatic carbocycles. The fourth-order valence-corrected chi connectivity index (χ4v) is 2.04. The van der Waals surface area contributed by atoms with Gasteiger partial charge < -0.3 is 14.9 Å². The number of terminal acetylenes is 1. The molecule has 128 valence electrons. The number of aromatic amines is 1. The van der Waals surface area contributed by atoms with Gasteiger partial charge >= 0.3 is 13.9 Å². The van der Waals surface area contributed by atoms with Gasteiger partial charge in [0.15, 0.2) is 13.1 Å². The van der Waals surface area contributed by atoms with Crippen molar-refractivity contribution < 1.29 is 34.2 Å². The Labute approximate surface area is 136 Å². The third kappa shape index (κ3) is 6.44. The molecule has 1 aromatic heterocycles. The molecule has 1 aliphatic rings. The van der Waals surface area contributed by atoms with Crippen LogP contribution in [-0.4, -0.2) is 47.5 Å². The molecule has 2 atom stereocenters. The number of rotatable bonds is 3. The maximum atomic E-state index is 11.6. The summed E-state index contributed by atoms with van der Waals surface area (Å²) in [6, 6.07) is 0. The van der Waals surface area contributed by atoms with Crippen LogP contribution in [0.5, 0.6) is 0 Å². The van der Waals surface area contributed by atoms with Crippen molar-refractivity contribution >= 4 is 20.4 Å². The second kappa shape index (κ2) is 8.60. The summed E-state index contributed by atoms with van der Waals surface area (Å²) in [6.07, 6.45) is 6.48. The van der Waals surface area contributed by atoms with Gasteiger partial charge in [0.2, 0.25) is 0 Å². The van der Waals surface area contributed by atoms with E-state index in [2.05, 4.69) is 15.4 Å². The molecule has 0 bridgehead atoms. The number of hydrogen-bond donors (Lipinski definition) is 6. The van der Waals surface area contributed by atoms with Gasteiger partial charge in [0.1, 0.15) is 10.9 Å². The zero-order chi connectivity index (χ0) is 17.6. The topological polar surface area (TPSA) is 157 Å². The molecule has 1 aromatic rings. The molecule has 12 heteroatoms. The normalized spacial score (nSPS) is 20.5. The molecule has 1 unspecified atom stereocenters. The van der Waals surface area contributed by atoms with Gasteiger partial charge in [-0.1, -0.05) is 18.1 Å². The molecule has 0 saturated carbocycles. The lowest BCUT2D eigenvalue weighted by atomic mass is 10.3. The molecular weight excluding hydrogens is 351 g/mol. The van der Waals surface area contributed by atoms with Crippen LogP contribution >= 0.6 is 20.4 Å². The van der Waals surface area contributed by atoms with Crippen molar-refractivity contribution in [1.29, 1.82) is 0 Å². The van der Waals surface area contributed by atoms with Crippen molar-refractivity contribution in [2.75, 3.05) is 6.79 Å². The predicted molar refractivity (Wildman–Crippen MR) is 80.9 cm³/mol. The van der Waals surface area contributed by atoms with E-state index in [0.29, 0.717) is 18.4 Å². The van der Waals surface area contributed by atoms with E-state index in [-0.39, 0.29) is 10.3 Å². The summed E-state index contributed by atoms with van der Waals surface area (Å²) in [5.41, 5.74) is 0.0442. The van der Waals surface area contributed by atoms with Gasteiger partial charge in [0.25, 0.3) is 0 Å². The second-order valence-corrected chi connectivity index (χ2v) is 5.94. The maximum Gasteiger partial charge on any atom is 0.569 e. The average Bonchev–Trinajstić information content (AvgIpc) is 2.85. The lowest BCUT2D eigenvalue weighted by Crippen LogP contribution is -2.27. The molecule has 10 nitrogen and oxygen atoms in total. The zero-order valence-electron chi connectivity index (χ0n) is 11.7. The maximum absolute atomic E-state index is 11.6. The number of aliphatic hydroxyl groups excluding tert-OH is 2. The summed E-state index contributed by atoms with van der Waals surface area (Å²) in [5.74, 6) is 2.38. The third-order valence-corrected chi connectivity index (χ3v) is 3.42. The lowest BCUT2D eigenvalue weighted by molar-refractivity contribution is -0.113. The van der Waals surface area contributed by atoms with Crippen molar-refractivity contribution in [1.82, 2.24) is 9.55 Å². The van der Waals surface area contributed by atoms with Crippen molar-refractivity contribution in [3.05, 3.63) is 26.9 Å². The standard InChI is InChI=1S/C10H10N2O3S.CH6O5P/c1-2-6-5-12(10(14)11-9(6)16)7-3-4-8(13)15-7;2-1-6-7(3,4)5/h1,5,7-8,13H,3-4H2,(H,11,14,16);2-5H,1H2/q;+1/t7?,8-;/m0./s1. The SMILES string of the molecule is C#Cc1cn(C2CC[C@@H](O)O2)c(=O)[nH]c1=S.OCO[P+](O)(O)O. The van der Waals surface area contributed by atoms with E-state index >= 15 is 0 Å². The van der Waals surface area contributed by atoms with Gasteiger partial charge in [-0.05, 0) is 6.42 Å². The fraction of sp³-hybridized carbons (Fsp3) is 0.455. The van der Waals surface area contributed by atoms with Crippen molar-refractivity contribution in [2.24, 2.45) is 0 Å². The van der Waals surface area contributed by atoms with Gasteiger partial charge in [-0.15, -0.1) is 10.9 Å². The summed E-state index contributed by atoms with van der Waals surface area (Å²) in [5, 5.41) is 17.0. The number of hydrogen-bond acceptors (Lipinski definition) is 9. The minimum atomic E-state index is -4.17. The summed E-state index contributed by atoms with van der Waals surface area (Å²) in [6.45, 7) is -0.892. The Balaban J connectivity index is 0.000000322. The molecule has 1 aliphatic heterocycles. The Morgan fingerprint density at radius 3 is 2.57 bits per heavy atom. The smallest absolute Gasteiger partial charge is 0.368 e. The quantitative estimate of drug-likeness (QED) is 0.173. The number of H-pyrrole nitrogens is 1. The van der Waals surface area contributed by atoms with E-state index in [4.69, 9.17) is 43.2 Å². The van der Waals surface area contributed by atoms with Crippen molar-refractivity contribution in [3.8, 4) is 12.3 Å². The van der Waals surface area contributed by atoms with Crippen LogP contribution in [0.25, 0.3) is 0 Å². The monoisotopic (exact) mass is 367 g/mol. The Morgan fingerprint density at radius 1 is 1.52 bits per heavy atom. The zero-order valence-corrected chi connectivity index (χ0v) is 13.4. The third-order valence-electron chi connectivity index (χ3n) is 2.64.